The maximum atomic E-state index is 12.6. The van der Waals surface area contributed by atoms with Crippen molar-refractivity contribution in [2.45, 2.75) is 32.2 Å². The van der Waals surface area contributed by atoms with Gasteiger partial charge >= 0.3 is 0 Å². The fraction of sp³-hybridized carbons (Fsp3) is 0.625. The van der Waals surface area contributed by atoms with Gasteiger partial charge in [0.15, 0.2) is 0 Å². The predicted octanol–water partition coefficient (Wildman–Crippen LogP) is 3.13. The molecule has 1 fully saturated rings. The minimum Gasteiger partial charge on any atom is -0.381 e. The summed E-state index contributed by atoms with van der Waals surface area (Å²) in [5.74, 6) is 0.378. The first-order chi connectivity index (χ1) is 10.3. The van der Waals surface area contributed by atoms with Crippen molar-refractivity contribution in [1.29, 1.82) is 0 Å². The molecule has 0 amide bonds. The van der Waals surface area contributed by atoms with Crippen LogP contribution in [-0.2, 0) is 14.8 Å². The summed E-state index contributed by atoms with van der Waals surface area (Å²) in [5.41, 5.74) is 1.09. The zero-order chi connectivity index (χ0) is 16.3. The van der Waals surface area contributed by atoms with Crippen LogP contribution in [-0.4, -0.2) is 44.8 Å². The normalized spacial score (nSPS) is 22.0. The first-order valence-corrected chi connectivity index (χ1v) is 9.59. The van der Waals surface area contributed by atoms with Gasteiger partial charge in [-0.15, -0.1) is 0 Å². The SMILES string of the molecule is C[C@H](c1ccc(Cl)cc1)[C@H](C)N(C)S(=O)(=O)C[C@H]1CCOC1. The summed E-state index contributed by atoms with van der Waals surface area (Å²) in [6.45, 7) is 5.20. The van der Waals surface area contributed by atoms with Crippen LogP contribution >= 0.6 is 11.6 Å². The van der Waals surface area contributed by atoms with Crippen molar-refractivity contribution in [3.05, 3.63) is 34.9 Å². The highest BCUT2D eigenvalue weighted by molar-refractivity contribution is 7.89. The third-order valence-electron chi connectivity index (χ3n) is 4.60. The van der Waals surface area contributed by atoms with Gasteiger partial charge in [-0.1, -0.05) is 30.7 Å². The number of benzene rings is 1. The van der Waals surface area contributed by atoms with Crippen LogP contribution in [0.15, 0.2) is 24.3 Å². The lowest BCUT2D eigenvalue weighted by atomic mass is 9.95. The highest BCUT2D eigenvalue weighted by atomic mass is 35.5. The van der Waals surface area contributed by atoms with Gasteiger partial charge in [-0.2, -0.15) is 0 Å². The second kappa shape index (κ2) is 7.30. The molecule has 2 rings (SSSR count). The summed E-state index contributed by atoms with van der Waals surface area (Å²) in [4.78, 5) is 0. The van der Waals surface area contributed by atoms with E-state index in [2.05, 4.69) is 0 Å². The van der Waals surface area contributed by atoms with E-state index < -0.39 is 10.0 Å². The Morgan fingerprint density at radius 3 is 2.50 bits per heavy atom. The second-order valence-electron chi connectivity index (χ2n) is 6.11. The number of sulfonamides is 1. The Labute approximate surface area is 138 Å². The van der Waals surface area contributed by atoms with Crippen LogP contribution in [0, 0.1) is 5.92 Å². The van der Waals surface area contributed by atoms with Crippen molar-refractivity contribution in [2.24, 2.45) is 5.92 Å². The largest absolute Gasteiger partial charge is 0.381 e. The molecule has 0 saturated carbocycles. The predicted molar refractivity (Wildman–Crippen MR) is 89.8 cm³/mol. The zero-order valence-electron chi connectivity index (χ0n) is 13.3. The summed E-state index contributed by atoms with van der Waals surface area (Å²) in [5, 5.41) is 0.686. The highest BCUT2D eigenvalue weighted by Gasteiger charge is 2.31. The average molecular weight is 346 g/mol. The van der Waals surface area contributed by atoms with Crippen LogP contribution < -0.4 is 0 Å². The molecular weight excluding hydrogens is 322 g/mol. The molecular formula is C16H24ClNO3S. The summed E-state index contributed by atoms with van der Waals surface area (Å²) in [6.07, 6.45) is 0.828. The molecule has 6 heteroatoms. The molecule has 3 atom stereocenters. The Kier molecular flexibility index (Phi) is 5.88. The molecule has 1 aliphatic heterocycles. The molecule has 0 spiro atoms. The van der Waals surface area contributed by atoms with Gasteiger partial charge in [0.2, 0.25) is 10.0 Å². The number of likely N-dealkylation sites (N-methyl/N-ethyl adjacent to an activating group) is 1. The summed E-state index contributed by atoms with van der Waals surface area (Å²) < 4.78 is 31.9. The van der Waals surface area contributed by atoms with Gasteiger partial charge in [0.1, 0.15) is 0 Å². The van der Waals surface area contributed by atoms with Crippen LogP contribution in [0.2, 0.25) is 5.02 Å². The van der Waals surface area contributed by atoms with E-state index in [9.17, 15) is 8.42 Å². The molecule has 1 saturated heterocycles. The maximum absolute atomic E-state index is 12.6. The lowest BCUT2D eigenvalue weighted by Crippen LogP contribution is -2.41. The molecule has 22 heavy (non-hydrogen) atoms. The van der Waals surface area contributed by atoms with E-state index in [1.165, 1.54) is 4.31 Å². The Morgan fingerprint density at radius 1 is 1.32 bits per heavy atom. The lowest BCUT2D eigenvalue weighted by Gasteiger charge is -2.30. The smallest absolute Gasteiger partial charge is 0.214 e. The average Bonchev–Trinajstić information content (AvgIpc) is 2.98. The van der Waals surface area contributed by atoms with E-state index in [0.717, 1.165) is 12.0 Å². The van der Waals surface area contributed by atoms with Crippen molar-refractivity contribution in [1.82, 2.24) is 4.31 Å². The second-order valence-corrected chi connectivity index (χ2v) is 8.61. The number of rotatable bonds is 6. The summed E-state index contributed by atoms with van der Waals surface area (Å²) in [6, 6.07) is 7.46. The van der Waals surface area contributed by atoms with E-state index in [-0.39, 0.29) is 23.6 Å². The molecule has 1 aromatic rings. The van der Waals surface area contributed by atoms with E-state index in [1.807, 2.05) is 38.1 Å². The van der Waals surface area contributed by atoms with Crippen molar-refractivity contribution in [3.63, 3.8) is 0 Å². The number of halogens is 1. The third kappa shape index (κ3) is 4.22. The van der Waals surface area contributed by atoms with Crippen LogP contribution in [0.25, 0.3) is 0 Å². The molecule has 0 aromatic heterocycles. The van der Waals surface area contributed by atoms with Gasteiger partial charge in [0.25, 0.3) is 0 Å². The van der Waals surface area contributed by atoms with Crippen LogP contribution in [0.5, 0.6) is 0 Å². The monoisotopic (exact) mass is 345 g/mol. The summed E-state index contributed by atoms with van der Waals surface area (Å²) in [7, 11) is -1.61. The number of hydrogen-bond acceptors (Lipinski definition) is 3. The molecule has 1 heterocycles. The van der Waals surface area contributed by atoms with E-state index in [4.69, 9.17) is 16.3 Å². The standard InChI is InChI=1S/C16H24ClNO3S/c1-12(15-4-6-16(17)7-5-15)13(2)18(3)22(19,20)11-14-8-9-21-10-14/h4-7,12-14H,8-11H2,1-3H3/t12-,13-,14-/m0/s1. The van der Waals surface area contributed by atoms with Gasteiger partial charge in [-0.25, -0.2) is 12.7 Å². The number of nitrogens with zero attached hydrogens (tertiary/aromatic N) is 1. The van der Waals surface area contributed by atoms with Crippen molar-refractivity contribution in [3.8, 4) is 0 Å². The quantitative estimate of drug-likeness (QED) is 0.795. The Hall–Kier alpha value is -0.620. The minimum absolute atomic E-state index is 0.0943. The number of hydrogen-bond donors (Lipinski definition) is 0. The zero-order valence-corrected chi connectivity index (χ0v) is 14.9. The van der Waals surface area contributed by atoms with Crippen LogP contribution in [0.4, 0.5) is 0 Å². The molecule has 0 bridgehead atoms. The fourth-order valence-corrected chi connectivity index (χ4v) is 4.65. The number of ether oxygens (including phenoxy) is 1. The Morgan fingerprint density at radius 2 is 1.95 bits per heavy atom. The van der Waals surface area contributed by atoms with Gasteiger partial charge in [-0.05, 0) is 42.9 Å². The Balaban J connectivity index is 2.06. The van der Waals surface area contributed by atoms with Crippen molar-refractivity contribution < 1.29 is 13.2 Å². The van der Waals surface area contributed by atoms with E-state index in [0.29, 0.717) is 18.2 Å². The molecule has 1 aromatic carbocycles. The first-order valence-electron chi connectivity index (χ1n) is 7.60. The maximum Gasteiger partial charge on any atom is 0.214 e. The van der Waals surface area contributed by atoms with Crippen molar-refractivity contribution >= 4 is 21.6 Å². The van der Waals surface area contributed by atoms with Gasteiger partial charge in [0, 0.05) is 24.7 Å². The Bertz CT molecular complexity index is 582. The van der Waals surface area contributed by atoms with Gasteiger partial charge < -0.3 is 4.74 Å². The van der Waals surface area contributed by atoms with Gasteiger partial charge in [0.05, 0.1) is 12.4 Å². The van der Waals surface area contributed by atoms with E-state index in [1.54, 1.807) is 7.05 Å². The minimum atomic E-state index is -3.28. The molecule has 0 unspecified atom stereocenters. The fourth-order valence-electron chi connectivity index (χ4n) is 2.74. The van der Waals surface area contributed by atoms with Crippen molar-refractivity contribution in [2.75, 3.05) is 26.0 Å². The third-order valence-corrected chi connectivity index (χ3v) is 6.96. The molecule has 1 aliphatic rings. The van der Waals surface area contributed by atoms with E-state index >= 15 is 0 Å². The molecule has 124 valence electrons. The topological polar surface area (TPSA) is 46.6 Å². The molecule has 0 radical (unpaired) electrons. The first kappa shape index (κ1) is 17.7. The molecule has 4 nitrogen and oxygen atoms in total. The molecule has 0 N–H and O–H groups in total. The van der Waals surface area contributed by atoms with Crippen LogP contribution in [0.3, 0.4) is 0 Å². The van der Waals surface area contributed by atoms with Gasteiger partial charge in [-0.3, -0.25) is 0 Å². The van der Waals surface area contributed by atoms with Crippen LogP contribution in [0.1, 0.15) is 31.7 Å². The summed E-state index contributed by atoms with van der Waals surface area (Å²) >= 11 is 5.91. The highest BCUT2D eigenvalue weighted by Crippen LogP contribution is 2.26. The molecule has 0 aliphatic carbocycles. The lowest BCUT2D eigenvalue weighted by molar-refractivity contribution is 0.188.